The second-order valence-corrected chi connectivity index (χ2v) is 9.51. The highest BCUT2D eigenvalue weighted by Crippen LogP contribution is 2.74. The van der Waals surface area contributed by atoms with Crippen molar-refractivity contribution in [3.63, 3.8) is 0 Å². The van der Waals surface area contributed by atoms with Gasteiger partial charge in [-0.3, -0.25) is 0 Å². The first-order chi connectivity index (χ1) is 9.51. The zero-order valence-electron chi connectivity index (χ0n) is 14.1. The van der Waals surface area contributed by atoms with Crippen molar-refractivity contribution in [3.8, 4) is 0 Å². The Bertz CT molecular complexity index is 357. The van der Waals surface area contributed by atoms with E-state index in [-0.39, 0.29) is 0 Å². The molecule has 0 aromatic rings. The summed E-state index contributed by atoms with van der Waals surface area (Å²) in [7, 11) is 0. The minimum atomic E-state index is 0.801. The molecule has 0 radical (unpaired) electrons. The minimum Gasteiger partial charge on any atom is -0.0622 e. The summed E-state index contributed by atoms with van der Waals surface area (Å²) < 4.78 is 0. The lowest BCUT2D eigenvalue weighted by atomic mass is 9.65. The Balaban J connectivity index is 1.52. The fraction of sp³-hybridized carbons (Fsp3) is 1.00. The van der Waals surface area contributed by atoms with Gasteiger partial charge in [-0.25, -0.2) is 0 Å². The van der Waals surface area contributed by atoms with Gasteiger partial charge in [-0.15, -0.1) is 0 Å². The molecule has 4 aliphatic carbocycles. The van der Waals surface area contributed by atoms with Crippen LogP contribution in [-0.4, -0.2) is 0 Å². The predicted octanol–water partition coefficient (Wildman–Crippen LogP) is 5.91. The zero-order valence-corrected chi connectivity index (χ0v) is 14.1. The summed E-state index contributed by atoms with van der Waals surface area (Å²) in [6, 6.07) is 0. The molecule has 114 valence electrons. The van der Waals surface area contributed by atoms with Gasteiger partial charge in [0.2, 0.25) is 0 Å². The molecule has 0 amide bonds. The summed E-state index contributed by atoms with van der Waals surface area (Å²) in [5.74, 6) is 6.38. The molecular formula is C20H34. The first-order valence-electron chi connectivity index (χ1n) is 9.51. The number of hydrogen-bond acceptors (Lipinski definition) is 0. The van der Waals surface area contributed by atoms with Crippen LogP contribution in [0.25, 0.3) is 0 Å². The molecule has 0 spiro atoms. The van der Waals surface area contributed by atoms with E-state index in [1.165, 1.54) is 12.8 Å². The van der Waals surface area contributed by atoms with Crippen LogP contribution >= 0.6 is 0 Å². The zero-order chi connectivity index (χ0) is 14.1. The van der Waals surface area contributed by atoms with Gasteiger partial charge in [0, 0.05) is 0 Å². The van der Waals surface area contributed by atoms with Crippen molar-refractivity contribution in [1.82, 2.24) is 0 Å². The molecule has 4 saturated carbocycles. The highest BCUT2D eigenvalue weighted by molar-refractivity contribution is 5.15. The van der Waals surface area contributed by atoms with E-state index in [0.29, 0.717) is 0 Å². The van der Waals surface area contributed by atoms with Gasteiger partial charge < -0.3 is 0 Å². The van der Waals surface area contributed by atoms with E-state index in [1.54, 1.807) is 38.5 Å². The Morgan fingerprint density at radius 1 is 0.700 bits per heavy atom. The lowest BCUT2D eigenvalue weighted by Gasteiger charge is -2.40. The van der Waals surface area contributed by atoms with Crippen molar-refractivity contribution in [3.05, 3.63) is 0 Å². The van der Waals surface area contributed by atoms with E-state index in [2.05, 4.69) is 27.7 Å². The molecule has 20 heavy (non-hydrogen) atoms. The van der Waals surface area contributed by atoms with Gasteiger partial charge in [0.25, 0.3) is 0 Å². The topological polar surface area (TPSA) is 0 Å². The van der Waals surface area contributed by atoms with Crippen LogP contribution < -0.4 is 0 Å². The highest BCUT2D eigenvalue weighted by Gasteiger charge is 2.66. The molecule has 0 aromatic heterocycles. The molecule has 6 atom stereocenters. The van der Waals surface area contributed by atoms with Crippen LogP contribution in [0.15, 0.2) is 0 Å². The van der Waals surface area contributed by atoms with Gasteiger partial charge in [0.1, 0.15) is 0 Å². The summed E-state index contributed by atoms with van der Waals surface area (Å²) in [5, 5.41) is 0. The van der Waals surface area contributed by atoms with Gasteiger partial charge in [0.05, 0.1) is 0 Å². The Hall–Kier alpha value is 0. The van der Waals surface area contributed by atoms with Crippen molar-refractivity contribution < 1.29 is 0 Å². The van der Waals surface area contributed by atoms with Gasteiger partial charge in [-0.05, 0) is 84.9 Å². The molecule has 0 N–H and O–H groups in total. The van der Waals surface area contributed by atoms with Crippen LogP contribution in [0.2, 0.25) is 0 Å². The molecular weight excluding hydrogens is 240 g/mol. The SMILES string of the molecule is CC(C)C12CCCC(C3CCCC4(C(C)C)CC34)C1C2. The van der Waals surface area contributed by atoms with E-state index in [0.717, 1.165) is 46.3 Å². The first kappa shape index (κ1) is 13.6. The fourth-order valence-corrected chi connectivity index (χ4v) is 7.10. The molecule has 4 fully saturated rings. The predicted molar refractivity (Wildman–Crippen MR) is 85.4 cm³/mol. The third-order valence-corrected chi connectivity index (χ3v) is 8.60. The van der Waals surface area contributed by atoms with E-state index < -0.39 is 0 Å². The minimum absolute atomic E-state index is 0.801. The van der Waals surface area contributed by atoms with Crippen molar-refractivity contribution in [2.75, 3.05) is 0 Å². The monoisotopic (exact) mass is 274 g/mol. The summed E-state index contributed by atoms with van der Waals surface area (Å²) >= 11 is 0. The summed E-state index contributed by atoms with van der Waals surface area (Å²) in [5.41, 5.74) is 1.60. The number of fused-ring (bicyclic) bond motifs is 2. The Morgan fingerprint density at radius 3 is 1.45 bits per heavy atom. The van der Waals surface area contributed by atoms with Crippen molar-refractivity contribution >= 4 is 0 Å². The molecule has 0 aromatic carbocycles. The second kappa shape index (κ2) is 4.26. The van der Waals surface area contributed by atoms with Gasteiger partial charge in [-0.1, -0.05) is 40.5 Å². The third-order valence-electron chi connectivity index (χ3n) is 8.60. The van der Waals surface area contributed by atoms with E-state index >= 15 is 0 Å². The molecule has 0 nitrogen and oxygen atoms in total. The van der Waals surface area contributed by atoms with Crippen molar-refractivity contribution in [2.45, 2.75) is 79.1 Å². The van der Waals surface area contributed by atoms with Crippen molar-refractivity contribution in [2.24, 2.45) is 46.3 Å². The van der Waals surface area contributed by atoms with E-state index in [1.807, 2.05) is 0 Å². The van der Waals surface area contributed by atoms with Crippen LogP contribution in [-0.2, 0) is 0 Å². The molecule has 4 aliphatic rings. The van der Waals surface area contributed by atoms with Crippen molar-refractivity contribution in [1.29, 1.82) is 0 Å². The average Bonchev–Trinajstić information content (AvgIpc) is 3.29. The van der Waals surface area contributed by atoms with Crippen LogP contribution in [0.3, 0.4) is 0 Å². The maximum Gasteiger partial charge on any atom is -0.0240 e. The Labute approximate surface area is 126 Å². The molecule has 0 heteroatoms. The Morgan fingerprint density at radius 2 is 1.10 bits per heavy atom. The van der Waals surface area contributed by atoms with Crippen LogP contribution in [0.1, 0.15) is 79.1 Å². The second-order valence-electron chi connectivity index (χ2n) is 9.51. The summed E-state index contributed by atoms with van der Waals surface area (Å²) in [4.78, 5) is 0. The lowest BCUT2D eigenvalue weighted by Crippen LogP contribution is -2.32. The average molecular weight is 274 g/mol. The normalized spacial score (nSPS) is 53.7. The molecule has 0 aliphatic heterocycles. The summed E-state index contributed by atoms with van der Waals surface area (Å²) in [6.45, 7) is 10.00. The standard InChI is InChI=1S/C20H34/c1-13(2)19-9-5-7-15(17(19)11-19)16-8-6-10-20(14(3)4)12-18(16)20/h13-18H,5-12H2,1-4H3. The number of hydrogen-bond donors (Lipinski definition) is 0. The molecule has 0 bridgehead atoms. The van der Waals surface area contributed by atoms with Gasteiger partial charge in [0.15, 0.2) is 0 Å². The fourth-order valence-electron chi connectivity index (χ4n) is 7.10. The van der Waals surface area contributed by atoms with Gasteiger partial charge >= 0.3 is 0 Å². The van der Waals surface area contributed by atoms with Crippen LogP contribution in [0.4, 0.5) is 0 Å². The first-order valence-corrected chi connectivity index (χ1v) is 9.51. The number of rotatable bonds is 3. The Kier molecular flexibility index (Phi) is 2.91. The maximum absolute atomic E-state index is 2.50. The highest BCUT2D eigenvalue weighted by atomic mass is 14.7. The quantitative estimate of drug-likeness (QED) is 0.600. The maximum atomic E-state index is 2.50. The smallest absolute Gasteiger partial charge is 0.0240 e. The lowest BCUT2D eigenvalue weighted by molar-refractivity contribution is 0.0921. The largest absolute Gasteiger partial charge is 0.0622 e. The molecule has 0 saturated heterocycles. The molecule has 0 heterocycles. The van der Waals surface area contributed by atoms with E-state index in [4.69, 9.17) is 0 Å². The van der Waals surface area contributed by atoms with Crippen LogP contribution in [0, 0.1) is 46.3 Å². The summed E-state index contributed by atoms with van der Waals surface area (Å²) in [6.07, 6.45) is 12.5. The van der Waals surface area contributed by atoms with Crippen LogP contribution in [0.5, 0.6) is 0 Å². The van der Waals surface area contributed by atoms with E-state index in [9.17, 15) is 0 Å². The van der Waals surface area contributed by atoms with Gasteiger partial charge in [-0.2, -0.15) is 0 Å². The molecule has 4 rings (SSSR count). The molecule has 6 unspecified atom stereocenters. The third kappa shape index (κ3) is 1.66.